The molecular formula is C73H68O23. The predicted molar refractivity (Wildman–Crippen MR) is 332 cm³/mol. The highest BCUT2D eigenvalue weighted by atomic mass is 16.9. The van der Waals surface area contributed by atoms with E-state index in [1.54, 1.807) is 155 Å². The molecule has 96 heavy (non-hydrogen) atoms. The van der Waals surface area contributed by atoms with Crippen molar-refractivity contribution in [1.29, 1.82) is 0 Å². The summed E-state index contributed by atoms with van der Waals surface area (Å²) < 4.78 is 104. The zero-order valence-corrected chi connectivity index (χ0v) is 52.4. The summed E-state index contributed by atoms with van der Waals surface area (Å²) in [5, 5.41) is 0. The van der Waals surface area contributed by atoms with Gasteiger partial charge in [0, 0.05) is 0 Å². The van der Waals surface area contributed by atoms with Gasteiger partial charge in [0.15, 0.2) is 61.0 Å². The van der Waals surface area contributed by atoms with Crippen molar-refractivity contribution in [3.05, 3.63) is 251 Å². The number of hydrogen-bond acceptors (Lipinski definition) is 23. The Labute approximate surface area is 551 Å². The van der Waals surface area contributed by atoms with E-state index in [0.29, 0.717) is 0 Å². The first-order valence-electron chi connectivity index (χ1n) is 31.1. The fourth-order valence-corrected chi connectivity index (χ4v) is 11.7. The Bertz CT molecular complexity index is 3810. The number of carbonyl (C=O) groups excluding carboxylic acids is 7. The average molecular weight is 1310 g/mol. The standard InChI is InChI=1S/C73H68O23/c1-72(2)83-42-52(94-72)55-58(61-71(92-55)96-73(3,4)95-61)93-70-60(90-68(80)49-38-24-11-25-39-49)57(88-66(78)47-34-20-9-21-35-47)54(51(85-70)41-82-63(75)44-28-14-6-15-29-44)91-69-59(89-67(79)48-36-22-10-23-37-48)56(87-65(77)46-32-18-8-19-33-46)53(86-64(76)45-30-16-7-17-31-45)50(84-69)40-81-62(74)43-26-12-5-13-27-43/h5-39,50-61,69-71H,40-42H2,1-4H3/t50-,51-,52-,53+,54-,55-,56+,57+,58+,59-,60-,61-,69+,70+,71-/m1/s1. The van der Waals surface area contributed by atoms with Crippen LogP contribution in [0.15, 0.2) is 212 Å². The maximum absolute atomic E-state index is 15.1. The quantitative estimate of drug-likeness (QED) is 0.0479. The summed E-state index contributed by atoms with van der Waals surface area (Å²) in [6.45, 7) is 5.26. The SMILES string of the molecule is CC1(C)O[C@H]2O[C@H]([C@H]3COC(C)(C)O3)[C@H](O[C@@H]3O[C@H](COC(=O)c4ccccc4)[C@@H](O[C@@H]4O[C@H](COC(=O)c5ccccc5)[C@H](OC(=O)c5ccccc5)[C@H](OC(=O)c5ccccc5)[C@H]4OC(=O)c4ccccc4)[C@H](OC(=O)c4ccccc4)[C@H]3OC(=O)c3ccccc3)[C@H]2O1. The monoisotopic (exact) mass is 1310 g/mol. The van der Waals surface area contributed by atoms with Gasteiger partial charge in [0.2, 0.25) is 0 Å². The van der Waals surface area contributed by atoms with Crippen LogP contribution in [0.25, 0.3) is 0 Å². The van der Waals surface area contributed by atoms with Gasteiger partial charge in [-0.3, -0.25) is 0 Å². The van der Waals surface area contributed by atoms with Crippen molar-refractivity contribution in [3.63, 3.8) is 0 Å². The van der Waals surface area contributed by atoms with Crippen LogP contribution in [0.4, 0.5) is 0 Å². The first kappa shape index (κ1) is 66.5. The van der Waals surface area contributed by atoms with Crippen LogP contribution < -0.4 is 0 Å². The lowest BCUT2D eigenvalue weighted by atomic mass is 9.95. The molecule has 0 bridgehead atoms. The van der Waals surface area contributed by atoms with Crippen molar-refractivity contribution in [2.45, 2.75) is 131 Å². The highest BCUT2D eigenvalue weighted by molar-refractivity contribution is 5.93. The first-order valence-corrected chi connectivity index (χ1v) is 31.1. The van der Waals surface area contributed by atoms with Gasteiger partial charge in [-0.2, -0.15) is 0 Å². The van der Waals surface area contributed by atoms with Crippen LogP contribution >= 0.6 is 0 Å². The van der Waals surface area contributed by atoms with Gasteiger partial charge in [-0.05, 0) is 113 Å². The molecule has 7 aromatic rings. The normalized spacial score (nSPS) is 27.8. The number of ether oxygens (including phenoxy) is 16. The summed E-state index contributed by atoms with van der Waals surface area (Å²) in [6, 6.07) is 54.7. The third-order valence-electron chi connectivity index (χ3n) is 16.2. The molecule has 0 N–H and O–H groups in total. The smallest absolute Gasteiger partial charge is 0.338 e. The van der Waals surface area contributed by atoms with E-state index in [1.807, 2.05) is 0 Å². The zero-order chi connectivity index (χ0) is 66.9. The molecule has 23 nitrogen and oxygen atoms in total. The number of hydrogen-bond donors (Lipinski definition) is 0. The molecule has 5 fully saturated rings. The summed E-state index contributed by atoms with van der Waals surface area (Å²) in [7, 11) is 0. The summed E-state index contributed by atoms with van der Waals surface area (Å²) in [5.74, 6) is -9.09. The Kier molecular flexibility index (Phi) is 20.5. The summed E-state index contributed by atoms with van der Waals surface area (Å²) in [4.78, 5) is 102. The predicted octanol–water partition coefficient (Wildman–Crippen LogP) is 9.08. The van der Waals surface area contributed by atoms with Gasteiger partial charge in [-0.15, -0.1) is 0 Å². The lowest BCUT2D eigenvalue weighted by molar-refractivity contribution is -0.363. The maximum atomic E-state index is 15.1. The summed E-state index contributed by atoms with van der Waals surface area (Å²) >= 11 is 0. The minimum absolute atomic E-state index is 0.00662. The Morgan fingerprint density at radius 2 is 0.646 bits per heavy atom. The molecule has 0 amide bonds. The number of benzene rings is 7. The largest absolute Gasteiger partial charge is 0.459 e. The van der Waals surface area contributed by atoms with E-state index in [0.717, 1.165) is 0 Å². The Morgan fingerprint density at radius 1 is 0.333 bits per heavy atom. The van der Waals surface area contributed by atoms with Crippen LogP contribution in [0.5, 0.6) is 0 Å². The number of esters is 7. The number of rotatable bonds is 21. The Balaban J connectivity index is 1.02. The second-order valence-electron chi connectivity index (χ2n) is 23.8. The van der Waals surface area contributed by atoms with Crippen LogP contribution in [0, 0.1) is 0 Å². The third-order valence-corrected chi connectivity index (χ3v) is 16.2. The van der Waals surface area contributed by atoms with E-state index in [9.17, 15) is 28.8 Å². The maximum Gasteiger partial charge on any atom is 0.338 e. The molecular weight excluding hydrogens is 1240 g/mol. The third kappa shape index (κ3) is 15.7. The van der Waals surface area contributed by atoms with Gasteiger partial charge < -0.3 is 75.8 Å². The van der Waals surface area contributed by atoms with E-state index >= 15 is 4.79 Å². The molecule has 23 heteroatoms. The zero-order valence-electron chi connectivity index (χ0n) is 52.4. The highest BCUT2D eigenvalue weighted by Gasteiger charge is 2.63. The van der Waals surface area contributed by atoms with Gasteiger partial charge in [-0.1, -0.05) is 127 Å². The van der Waals surface area contributed by atoms with Crippen molar-refractivity contribution in [2.24, 2.45) is 0 Å². The molecule has 0 aliphatic carbocycles. The minimum atomic E-state index is -2.14. The molecule has 0 saturated carbocycles. The van der Waals surface area contributed by atoms with Crippen LogP contribution in [0.1, 0.15) is 100 Å². The van der Waals surface area contributed by atoms with Crippen molar-refractivity contribution in [3.8, 4) is 0 Å². The Morgan fingerprint density at radius 3 is 1.00 bits per heavy atom. The molecule has 7 aromatic carbocycles. The van der Waals surface area contributed by atoms with Crippen molar-refractivity contribution >= 4 is 41.8 Å². The molecule has 12 rings (SSSR count). The average Bonchev–Trinajstić information content (AvgIpc) is 1.40. The van der Waals surface area contributed by atoms with Crippen LogP contribution in [0.3, 0.4) is 0 Å². The fraction of sp³-hybridized carbons (Fsp3) is 0.329. The lowest BCUT2D eigenvalue weighted by Gasteiger charge is -2.49. The van der Waals surface area contributed by atoms with E-state index in [2.05, 4.69) is 0 Å². The van der Waals surface area contributed by atoms with Crippen LogP contribution in [0.2, 0.25) is 0 Å². The van der Waals surface area contributed by atoms with Crippen molar-refractivity contribution in [1.82, 2.24) is 0 Å². The second kappa shape index (κ2) is 29.6. The van der Waals surface area contributed by atoms with Gasteiger partial charge in [0.05, 0.1) is 45.6 Å². The lowest BCUT2D eigenvalue weighted by Crippen LogP contribution is -2.68. The van der Waals surface area contributed by atoms with Gasteiger partial charge in [0.25, 0.3) is 0 Å². The van der Waals surface area contributed by atoms with Crippen molar-refractivity contribution < 1.29 is 109 Å². The molecule has 0 unspecified atom stereocenters. The minimum Gasteiger partial charge on any atom is -0.459 e. The molecule has 0 aromatic heterocycles. The number of fused-ring (bicyclic) bond motifs is 1. The summed E-state index contributed by atoms with van der Waals surface area (Å²) in [5.41, 5.74) is 0.227. The van der Waals surface area contributed by atoms with Crippen molar-refractivity contribution in [2.75, 3.05) is 19.8 Å². The molecule has 0 radical (unpaired) electrons. The van der Waals surface area contributed by atoms with E-state index in [-0.39, 0.29) is 45.6 Å². The van der Waals surface area contributed by atoms with Gasteiger partial charge in [-0.25, -0.2) is 33.6 Å². The summed E-state index contributed by atoms with van der Waals surface area (Å²) in [6.07, 6.45) is -24.4. The van der Waals surface area contributed by atoms with Gasteiger partial charge in [0.1, 0.15) is 55.9 Å². The number of carbonyl (C=O) groups is 7. The first-order chi connectivity index (χ1) is 46.4. The molecule has 0 spiro atoms. The van der Waals surface area contributed by atoms with Gasteiger partial charge >= 0.3 is 41.8 Å². The molecule has 5 heterocycles. The topological polar surface area (TPSA) is 267 Å². The molecule has 5 aliphatic rings. The van der Waals surface area contributed by atoms with E-state index in [1.165, 1.54) is 84.9 Å². The fourth-order valence-electron chi connectivity index (χ4n) is 11.7. The van der Waals surface area contributed by atoms with E-state index in [4.69, 9.17) is 75.8 Å². The highest BCUT2D eigenvalue weighted by Crippen LogP contribution is 2.45. The molecule has 5 aliphatic heterocycles. The molecule has 5 saturated heterocycles. The molecule has 15 atom stereocenters. The van der Waals surface area contributed by atoms with E-state index < -0.39 is 159 Å². The van der Waals surface area contributed by atoms with Crippen LogP contribution in [-0.4, -0.2) is 165 Å². The van der Waals surface area contributed by atoms with Crippen LogP contribution in [-0.2, 0) is 75.8 Å². The second-order valence-corrected chi connectivity index (χ2v) is 23.8. The molecule has 498 valence electrons. The Hall–Kier alpha value is -9.53.